The summed E-state index contributed by atoms with van der Waals surface area (Å²) in [4.78, 5) is 7.43. The normalized spacial score (nSPS) is 15.2. The number of nitrogens with one attached hydrogen (secondary N) is 1. The third kappa shape index (κ3) is 3.87. The third-order valence-electron chi connectivity index (χ3n) is 5.81. The molecule has 2 aromatic carbocycles. The van der Waals surface area contributed by atoms with Crippen LogP contribution in [0, 0.1) is 0 Å². The van der Waals surface area contributed by atoms with E-state index < -0.39 is 0 Å². The van der Waals surface area contributed by atoms with E-state index in [1.54, 1.807) is 7.11 Å². The van der Waals surface area contributed by atoms with Crippen molar-refractivity contribution in [3.63, 3.8) is 0 Å². The first-order valence-corrected chi connectivity index (χ1v) is 10.6. The quantitative estimate of drug-likeness (QED) is 0.602. The molecule has 0 bridgehead atoms. The lowest BCUT2D eigenvalue weighted by Crippen LogP contribution is -2.24. The van der Waals surface area contributed by atoms with Gasteiger partial charge in [0, 0.05) is 36.7 Å². The molecule has 0 aliphatic carbocycles. The van der Waals surface area contributed by atoms with Crippen LogP contribution in [0.1, 0.15) is 24.0 Å². The van der Waals surface area contributed by atoms with Crippen LogP contribution in [0.2, 0.25) is 0 Å². The molecule has 1 aromatic heterocycles. The third-order valence-corrected chi connectivity index (χ3v) is 5.81. The Morgan fingerprint density at radius 1 is 1.07 bits per heavy atom. The zero-order valence-electron chi connectivity index (χ0n) is 17.3. The Morgan fingerprint density at radius 2 is 1.90 bits per heavy atom. The molecule has 0 saturated carbocycles. The molecule has 5 rings (SSSR count). The second-order valence-corrected chi connectivity index (χ2v) is 7.84. The van der Waals surface area contributed by atoms with Crippen LogP contribution in [-0.2, 0) is 13.0 Å². The Hall–Kier alpha value is -2.99. The fraction of sp³-hybridized carbons (Fsp3) is 0.375. The number of nitrogens with zero attached hydrogens (tertiary/aromatic N) is 2. The first kappa shape index (κ1) is 19.0. The van der Waals surface area contributed by atoms with E-state index in [1.165, 1.54) is 24.0 Å². The molecular formula is C24H27N3O3. The summed E-state index contributed by atoms with van der Waals surface area (Å²) in [7, 11) is 1.70. The summed E-state index contributed by atoms with van der Waals surface area (Å²) in [5.74, 6) is 3.58. The van der Waals surface area contributed by atoms with E-state index in [0.717, 1.165) is 66.6 Å². The van der Waals surface area contributed by atoms with Crippen LogP contribution < -0.4 is 24.4 Å². The van der Waals surface area contributed by atoms with Crippen molar-refractivity contribution in [2.45, 2.75) is 25.8 Å². The van der Waals surface area contributed by atoms with E-state index in [4.69, 9.17) is 19.2 Å². The molecule has 1 fully saturated rings. The lowest BCUT2D eigenvalue weighted by Gasteiger charge is -2.21. The van der Waals surface area contributed by atoms with Gasteiger partial charge in [0.05, 0.1) is 12.6 Å². The Bertz CT molecular complexity index is 1050. The lowest BCUT2D eigenvalue weighted by molar-refractivity contribution is 0.174. The van der Waals surface area contributed by atoms with Crippen molar-refractivity contribution in [3.8, 4) is 17.2 Å². The molecule has 2 aliphatic rings. The minimum Gasteiger partial charge on any atom is -0.497 e. The highest BCUT2D eigenvalue weighted by molar-refractivity contribution is 5.85. The van der Waals surface area contributed by atoms with Gasteiger partial charge in [-0.2, -0.15) is 0 Å². The minimum absolute atomic E-state index is 0.281. The number of methoxy groups -OCH3 is 1. The Kier molecular flexibility index (Phi) is 5.32. The number of pyridine rings is 1. The van der Waals surface area contributed by atoms with Crippen molar-refractivity contribution in [3.05, 3.63) is 53.6 Å². The largest absolute Gasteiger partial charge is 0.497 e. The molecule has 2 aliphatic heterocycles. The van der Waals surface area contributed by atoms with Crippen LogP contribution in [0.15, 0.2) is 42.5 Å². The Balaban J connectivity index is 1.35. The summed E-state index contributed by atoms with van der Waals surface area (Å²) < 4.78 is 16.4. The van der Waals surface area contributed by atoms with Crippen LogP contribution in [-0.4, -0.2) is 38.5 Å². The highest BCUT2D eigenvalue weighted by Gasteiger charge is 2.20. The number of fused-ring (bicyclic) bond motifs is 2. The number of rotatable bonds is 7. The first-order valence-electron chi connectivity index (χ1n) is 10.6. The van der Waals surface area contributed by atoms with Crippen molar-refractivity contribution < 1.29 is 14.2 Å². The topological polar surface area (TPSA) is 55.9 Å². The monoisotopic (exact) mass is 405 g/mol. The molecule has 0 atom stereocenters. The van der Waals surface area contributed by atoms with E-state index in [2.05, 4.69) is 28.4 Å². The van der Waals surface area contributed by atoms with Gasteiger partial charge in [0.25, 0.3) is 0 Å². The average molecular weight is 405 g/mol. The van der Waals surface area contributed by atoms with E-state index in [-0.39, 0.29) is 6.79 Å². The lowest BCUT2D eigenvalue weighted by atomic mass is 10.1. The first-order chi connectivity index (χ1) is 14.8. The van der Waals surface area contributed by atoms with Gasteiger partial charge < -0.3 is 24.4 Å². The number of aromatic nitrogens is 1. The van der Waals surface area contributed by atoms with Gasteiger partial charge in [0.15, 0.2) is 11.5 Å². The molecule has 3 aromatic rings. The summed E-state index contributed by atoms with van der Waals surface area (Å²) in [6.45, 7) is 4.10. The van der Waals surface area contributed by atoms with E-state index >= 15 is 0 Å². The number of hydrogen-bond acceptors (Lipinski definition) is 6. The van der Waals surface area contributed by atoms with Crippen LogP contribution in [0.25, 0.3) is 10.9 Å². The summed E-state index contributed by atoms with van der Waals surface area (Å²) in [6, 6.07) is 14.5. The van der Waals surface area contributed by atoms with Crippen LogP contribution in [0.5, 0.6) is 17.2 Å². The average Bonchev–Trinajstić information content (AvgIpc) is 3.46. The summed E-state index contributed by atoms with van der Waals surface area (Å²) in [6.07, 6.45) is 3.41. The Morgan fingerprint density at radius 3 is 2.73 bits per heavy atom. The van der Waals surface area contributed by atoms with Gasteiger partial charge in [-0.05, 0) is 55.6 Å². The standard InChI is InChI=1S/C24H27N3O3/c1-28-20-6-4-5-17(11-20)7-8-25-15-19-12-18-13-22-23(30-16-29-22)14-21(18)26-24(19)27-9-2-3-10-27/h4-6,11-14,25H,2-3,7-10,15-16H2,1H3. The van der Waals surface area contributed by atoms with Crippen molar-refractivity contribution in [2.24, 2.45) is 0 Å². The van der Waals surface area contributed by atoms with Gasteiger partial charge in [0.1, 0.15) is 11.6 Å². The molecule has 0 radical (unpaired) electrons. The maximum absolute atomic E-state index is 5.56. The SMILES string of the molecule is COc1cccc(CCNCc2cc3cc4c(cc3nc2N2CCCC2)OCO4)c1. The van der Waals surface area contributed by atoms with E-state index in [0.29, 0.717) is 0 Å². The van der Waals surface area contributed by atoms with E-state index in [9.17, 15) is 0 Å². The summed E-state index contributed by atoms with van der Waals surface area (Å²) >= 11 is 0. The molecule has 0 unspecified atom stereocenters. The zero-order valence-corrected chi connectivity index (χ0v) is 17.3. The van der Waals surface area contributed by atoms with Gasteiger partial charge >= 0.3 is 0 Å². The summed E-state index contributed by atoms with van der Waals surface area (Å²) in [5.41, 5.74) is 3.46. The van der Waals surface area contributed by atoms with Gasteiger partial charge in [0.2, 0.25) is 6.79 Å². The van der Waals surface area contributed by atoms with Gasteiger partial charge in [-0.3, -0.25) is 0 Å². The molecule has 0 amide bonds. The maximum Gasteiger partial charge on any atom is 0.231 e. The predicted molar refractivity (Wildman–Crippen MR) is 118 cm³/mol. The highest BCUT2D eigenvalue weighted by atomic mass is 16.7. The molecule has 3 heterocycles. The second-order valence-electron chi connectivity index (χ2n) is 7.84. The molecular weight excluding hydrogens is 378 g/mol. The number of anilines is 1. The molecule has 1 N–H and O–H groups in total. The van der Waals surface area contributed by atoms with Crippen molar-refractivity contribution in [2.75, 3.05) is 38.4 Å². The van der Waals surface area contributed by atoms with Gasteiger partial charge in [-0.15, -0.1) is 0 Å². The number of benzene rings is 2. The Labute approximate surface area is 176 Å². The second kappa shape index (κ2) is 8.40. The summed E-state index contributed by atoms with van der Waals surface area (Å²) in [5, 5.41) is 4.69. The van der Waals surface area contributed by atoms with E-state index in [1.807, 2.05) is 24.3 Å². The zero-order chi connectivity index (χ0) is 20.3. The molecule has 1 saturated heterocycles. The molecule has 6 heteroatoms. The highest BCUT2D eigenvalue weighted by Crippen LogP contribution is 2.37. The molecule has 6 nitrogen and oxygen atoms in total. The van der Waals surface area contributed by atoms with Gasteiger partial charge in [-0.1, -0.05) is 12.1 Å². The van der Waals surface area contributed by atoms with Gasteiger partial charge in [-0.25, -0.2) is 4.98 Å². The minimum atomic E-state index is 0.281. The predicted octanol–water partition coefficient (Wildman–Crippen LogP) is 3.90. The molecule has 156 valence electrons. The van der Waals surface area contributed by atoms with Crippen LogP contribution in [0.4, 0.5) is 5.82 Å². The number of ether oxygens (including phenoxy) is 3. The fourth-order valence-corrected chi connectivity index (χ4v) is 4.21. The fourth-order valence-electron chi connectivity index (χ4n) is 4.21. The molecule has 30 heavy (non-hydrogen) atoms. The van der Waals surface area contributed by atoms with Crippen LogP contribution >= 0.6 is 0 Å². The smallest absolute Gasteiger partial charge is 0.231 e. The maximum atomic E-state index is 5.56. The molecule has 0 spiro atoms. The van der Waals surface area contributed by atoms with Crippen molar-refractivity contribution in [1.29, 1.82) is 0 Å². The van der Waals surface area contributed by atoms with Crippen molar-refractivity contribution >= 4 is 16.7 Å². The number of hydrogen-bond donors (Lipinski definition) is 1. The van der Waals surface area contributed by atoms with Crippen molar-refractivity contribution in [1.82, 2.24) is 10.3 Å². The van der Waals surface area contributed by atoms with Crippen LogP contribution in [0.3, 0.4) is 0 Å².